The molecular formula is C18H17F2N3O3. The largest absolute Gasteiger partial charge is 0.355 e. The summed E-state index contributed by atoms with van der Waals surface area (Å²) in [6, 6.07) is 8.92. The Morgan fingerprint density at radius 3 is 2.46 bits per heavy atom. The van der Waals surface area contributed by atoms with E-state index in [1.165, 1.54) is 17.8 Å². The van der Waals surface area contributed by atoms with Crippen molar-refractivity contribution in [3.05, 3.63) is 69.6 Å². The van der Waals surface area contributed by atoms with Crippen molar-refractivity contribution in [1.29, 1.82) is 0 Å². The van der Waals surface area contributed by atoms with Gasteiger partial charge in [0.25, 0.3) is 23.3 Å². The van der Waals surface area contributed by atoms with Crippen molar-refractivity contribution in [2.75, 3.05) is 7.05 Å². The van der Waals surface area contributed by atoms with Crippen molar-refractivity contribution in [3.63, 3.8) is 0 Å². The molecule has 26 heavy (non-hydrogen) atoms. The van der Waals surface area contributed by atoms with E-state index in [2.05, 4.69) is 10.6 Å². The Balaban J connectivity index is 1.96. The molecule has 1 aromatic carbocycles. The van der Waals surface area contributed by atoms with Crippen LogP contribution in [0, 0.1) is 0 Å². The van der Waals surface area contributed by atoms with Gasteiger partial charge >= 0.3 is 0 Å². The Morgan fingerprint density at radius 1 is 1.23 bits per heavy atom. The number of halogens is 2. The number of aromatic nitrogens is 1. The van der Waals surface area contributed by atoms with E-state index in [9.17, 15) is 23.2 Å². The van der Waals surface area contributed by atoms with Crippen LogP contribution in [0.2, 0.25) is 0 Å². The summed E-state index contributed by atoms with van der Waals surface area (Å²) in [7, 11) is 1.36. The van der Waals surface area contributed by atoms with Crippen molar-refractivity contribution >= 4 is 11.8 Å². The fraction of sp³-hybridized carbons (Fsp3) is 0.278. The zero-order valence-electron chi connectivity index (χ0n) is 14.0. The Morgan fingerprint density at radius 2 is 1.88 bits per heavy atom. The smallest absolute Gasteiger partial charge is 0.270 e. The predicted molar refractivity (Wildman–Crippen MR) is 90.5 cm³/mol. The van der Waals surface area contributed by atoms with Crippen LogP contribution in [-0.2, 0) is 6.54 Å². The number of carbonyl (C=O) groups excluding carboxylic acids is 2. The first-order valence-electron chi connectivity index (χ1n) is 8.01. The summed E-state index contributed by atoms with van der Waals surface area (Å²) in [6.07, 6.45) is 0.863. The summed E-state index contributed by atoms with van der Waals surface area (Å²) in [6.45, 7) is 0.143. The van der Waals surface area contributed by atoms with Gasteiger partial charge in [0.15, 0.2) is 0 Å². The van der Waals surface area contributed by atoms with Crippen LogP contribution in [0.3, 0.4) is 0 Å². The van der Waals surface area contributed by atoms with Crippen molar-refractivity contribution < 1.29 is 18.4 Å². The van der Waals surface area contributed by atoms with E-state index in [0.29, 0.717) is 0 Å². The van der Waals surface area contributed by atoms with Gasteiger partial charge in [-0.25, -0.2) is 8.78 Å². The molecular weight excluding hydrogens is 344 g/mol. The lowest BCUT2D eigenvalue weighted by Gasteiger charge is -2.12. The van der Waals surface area contributed by atoms with Gasteiger partial charge in [0.05, 0.1) is 18.2 Å². The maximum Gasteiger partial charge on any atom is 0.270 e. The van der Waals surface area contributed by atoms with Crippen molar-refractivity contribution in [3.8, 4) is 0 Å². The quantitative estimate of drug-likeness (QED) is 0.845. The minimum Gasteiger partial charge on any atom is -0.355 e. The van der Waals surface area contributed by atoms with Crippen LogP contribution in [-0.4, -0.2) is 35.4 Å². The van der Waals surface area contributed by atoms with Gasteiger partial charge < -0.3 is 15.2 Å². The van der Waals surface area contributed by atoms with Crippen molar-refractivity contribution in [2.45, 2.75) is 24.9 Å². The number of pyridine rings is 1. The molecule has 2 amide bonds. The summed E-state index contributed by atoms with van der Waals surface area (Å²) in [5.74, 6) is -4.31. The van der Waals surface area contributed by atoms with Crippen LogP contribution >= 0.6 is 0 Å². The van der Waals surface area contributed by atoms with E-state index in [4.69, 9.17) is 0 Å². The fourth-order valence-corrected chi connectivity index (χ4v) is 2.57. The number of hydrogen-bond donors (Lipinski definition) is 2. The van der Waals surface area contributed by atoms with E-state index in [-0.39, 0.29) is 17.7 Å². The second kappa shape index (κ2) is 6.70. The summed E-state index contributed by atoms with van der Waals surface area (Å²) < 4.78 is 27.3. The van der Waals surface area contributed by atoms with Gasteiger partial charge in [-0.3, -0.25) is 14.4 Å². The lowest BCUT2D eigenvalue weighted by molar-refractivity contribution is 0.0848. The summed E-state index contributed by atoms with van der Waals surface area (Å²) in [4.78, 5) is 36.8. The van der Waals surface area contributed by atoms with E-state index < -0.39 is 35.8 Å². The first-order chi connectivity index (χ1) is 12.3. The highest BCUT2D eigenvalue weighted by Crippen LogP contribution is 2.41. The average molecular weight is 361 g/mol. The maximum atomic E-state index is 13.0. The van der Waals surface area contributed by atoms with Gasteiger partial charge in [0.1, 0.15) is 5.56 Å². The zero-order chi connectivity index (χ0) is 18.9. The Kier molecular flexibility index (Phi) is 4.58. The predicted octanol–water partition coefficient (Wildman–Crippen LogP) is 1.39. The summed E-state index contributed by atoms with van der Waals surface area (Å²) in [5.41, 5.74) is -0.0225. The molecule has 6 nitrogen and oxygen atoms in total. The monoisotopic (exact) mass is 361 g/mol. The van der Waals surface area contributed by atoms with Gasteiger partial charge in [-0.15, -0.1) is 0 Å². The standard InChI is InChI=1S/C18H17F2N3O3/c1-21-16(25)13-7-12(15(24)22-14-8-18(14,19)20)10-23(17(13)26)9-11-5-3-2-4-6-11/h2-7,10,14H,8-9H2,1H3,(H,21,25)(H,22,24)/t14-/m0/s1. The van der Waals surface area contributed by atoms with Crippen LogP contribution in [0.15, 0.2) is 47.4 Å². The average Bonchev–Trinajstić information content (AvgIpc) is 3.22. The number of hydrogen-bond acceptors (Lipinski definition) is 3. The molecule has 1 fully saturated rings. The minimum absolute atomic E-state index is 0.0261. The molecule has 1 aliphatic rings. The van der Waals surface area contributed by atoms with Crippen LogP contribution < -0.4 is 16.2 Å². The topological polar surface area (TPSA) is 80.2 Å². The molecule has 1 heterocycles. The molecule has 1 aromatic heterocycles. The van der Waals surface area contributed by atoms with Crippen LogP contribution in [0.25, 0.3) is 0 Å². The molecule has 2 N–H and O–H groups in total. The molecule has 8 heteroatoms. The molecule has 2 aromatic rings. The molecule has 0 spiro atoms. The molecule has 0 bridgehead atoms. The Hall–Kier alpha value is -3.03. The van der Waals surface area contributed by atoms with Gasteiger partial charge in [-0.05, 0) is 11.6 Å². The molecule has 1 atom stereocenters. The number of nitrogens with one attached hydrogen (secondary N) is 2. The molecule has 1 saturated carbocycles. The SMILES string of the molecule is CNC(=O)c1cc(C(=O)N[C@H]2CC2(F)F)cn(Cc2ccccc2)c1=O. The highest BCUT2D eigenvalue weighted by atomic mass is 19.3. The summed E-state index contributed by atoms with van der Waals surface area (Å²) in [5, 5.41) is 4.56. The second-order valence-corrected chi connectivity index (χ2v) is 6.13. The van der Waals surface area contributed by atoms with Gasteiger partial charge in [-0.2, -0.15) is 0 Å². The van der Waals surface area contributed by atoms with Crippen LogP contribution in [0.5, 0.6) is 0 Å². The number of alkyl halides is 2. The van der Waals surface area contributed by atoms with Gasteiger partial charge in [0.2, 0.25) is 0 Å². The molecule has 136 valence electrons. The highest BCUT2D eigenvalue weighted by molar-refractivity contribution is 5.99. The molecule has 3 rings (SSSR count). The molecule has 1 aliphatic carbocycles. The van der Waals surface area contributed by atoms with E-state index >= 15 is 0 Å². The number of amides is 2. The Labute approximate surface area is 147 Å². The molecule has 0 unspecified atom stereocenters. The van der Waals surface area contributed by atoms with E-state index in [1.54, 1.807) is 24.3 Å². The van der Waals surface area contributed by atoms with Crippen molar-refractivity contribution in [2.24, 2.45) is 0 Å². The highest BCUT2D eigenvalue weighted by Gasteiger charge is 2.57. The van der Waals surface area contributed by atoms with Crippen LogP contribution in [0.4, 0.5) is 8.78 Å². The van der Waals surface area contributed by atoms with Gasteiger partial charge in [-0.1, -0.05) is 30.3 Å². The van der Waals surface area contributed by atoms with E-state index in [1.807, 2.05) is 6.07 Å². The van der Waals surface area contributed by atoms with Crippen LogP contribution in [0.1, 0.15) is 32.7 Å². The third kappa shape index (κ3) is 3.63. The third-order valence-electron chi connectivity index (χ3n) is 4.15. The first kappa shape index (κ1) is 17.8. The zero-order valence-corrected chi connectivity index (χ0v) is 14.0. The fourth-order valence-electron chi connectivity index (χ4n) is 2.57. The third-order valence-corrected chi connectivity index (χ3v) is 4.15. The number of rotatable bonds is 5. The van der Waals surface area contributed by atoms with Crippen molar-refractivity contribution in [1.82, 2.24) is 15.2 Å². The molecule has 0 radical (unpaired) electrons. The maximum absolute atomic E-state index is 13.0. The normalized spacial score (nSPS) is 17.4. The van der Waals surface area contributed by atoms with E-state index in [0.717, 1.165) is 11.6 Å². The molecule has 0 aliphatic heterocycles. The minimum atomic E-state index is -2.90. The number of benzene rings is 1. The molecule has 0 saturated heterocycles. The number of carbonyl (C=O) groups is 2. The lowest BCUT2D eigenvalue weighted by atomic mass is 10.1. The Bertz CT molecular complexity index is 910. The summed E-state index contributed by atoms with van der Waals surface area (Å²) >= 11 is 0. The second-order valence-electron chi connectivity index (χ2n) is 6.13. The van der Waals surface area contributed by atoms with Gasteiger partial charge in [0, 0.05) is 19.7 Å². The first-order valence-corrected chi connectivity index (χ1v) is 8.01. The number of nitrogens with zero attached hydrogens (tertiary/aromatic N) is 1. The lowest BCUT2D eigenvalue weighted by Crippen LogP contribution is -2.35.